The van der Waals surface area contributed by atoms with Crippen LogP contribution in [-0.2, 0) is 0 Å². The van der Waals surface area contributed by atoms with Crippen LogP contribution < -0.4 is 5.73 Å². The van der Waals surface area contributed by atoms with E-state index in [1.54, 1.807) is 24.4 Å². The van der Waals surface area contributed by atoms with E-state index in [0.717, 1.165) is 11.5 Å². The molecular formula is C11H10N4. The maximum absolute atomic E-state index is 8.80. The molecule has 0 aliphatic rings. The lowest BCUT2D eigenvalue weighted by Gasteiger charge is -2.08. The van der Waals surface area contributed by atoms with Crippen molar-refractivity contribution >= 4 is 5.69 Å². The van der Waals surface area contributed by atoms with Crippen molar-refractivity contribution in [3.05, 3.63) is 42.0 Å². The van der Waals surface area contributed by atoms with Crippen LogP contribution in [0.3, 0.4) is 0 Å². The average Bonchev–Trinajstić information content (AvgIpc) is 2.65. The van der Waals surface area contributed by atoms with Crippen LogP contribution in [0.25, 0.3) is 5.69 Å². The predicted molar refractivity (Wildman–Crippen MR) is 57.4 cm³/mol. The zero-order chi connectivity index (χ0) is 10.8. The Balaban J connectivity index is 2.63. The van der Waals surface area contributed by atoms with Crippen LogP contribution in [-0.4, -0.2) is 9.55 Å². The molecule has 0 fully saturated rings. The molecular weight excluding hydrogens is 188 g/mol. The summed E-state index contributed by atoms with van der Waals surface area (Å²) in [4.78, 5) is 4.11. The standard InChI is InChI=1S/C11H10N4/c1-8-14-4-5-15(8)11-6-9(7-12)2-3-10(11)13/h2-6H,13H2,1H3. The number of imidazole rings is 1. The van der Waals surface area contributed by atoms with Gasteiger partial charge in [-0.25, -0.2) is 4.98 Å². The van der Waals surface area contributed by atoms with Gasteiger partial charge in [-0.15, -0.1) is 0 Å². The lowest BCUT2D eigenvalue weighted by molar-refractivity contribution is 0.976. The maximum Gasteiger partial charge on any atom is 0.110 e. The molecule has 0 spiro atoms. The minimum atomic E-state index is 0.590. The number of anilines is 1. The number of aromatic nitrogens is 2. The molecule has 0 unspecified atom stereocenters. The van der Waals surface area contributed by atoms with Gasteiger partial charge in [-0.1, -0.05) is 0 Å². The Labute approximate surface area is 87.6 Å². The Hall–Kier alpha value is -2.28. The summed E-state index contributed by atoms with van der Waals surface area (Å²) >= 11 is 0. The van der Waals surface area contributed by atoms with Crippen molar-refractivity contribution in [2.75, 3.05) is 5.73 Å². The molecule has 2 N–H and O–H groups in total. The van der Waals surface area contributed by atoms with Gasteiger partial charge in [0.15, 0.2) is 0 Å². The second-order valence-electron chi connectivity index (χ2n) is 3.23. The highest BCUT2D eigenvalue weighted by atomic mass is 15.1. The Morgan fingerprint density at radius 3 is 2.87 bits per heavy atom. The molecule has 1 heterocycles. The van der Waals surface area contributed by atoms with Crippen LogP contribution in [0.4, 0.5) is 5.69 Å². The van der Waals surface area contributed by atoms with E-state index in [4.69, 9.17) is 11.0 Å². The normalized spacial score (nSPS) is 9.87. The zero-order valence-corrected chi connectivity index (χ0v) is 8.31. The summed E-state index contributed by atoms with van der Waals surface area (Å²) in [5.74, 6) is 0.844. The lowest BCUT2D eigenvalue weighted by Crippen LogP contribution is -2.01. The van der Waals surface area contributed by atoms with Gasteiger partial charge in [0.2, 0.25) is 0 Å². The highest BCUT2D eigenvalue weighted by molar-refractivity contribution is 5.61. The van der Waals surface area contributed by atoms with Crippen molar-refractivity contribution in [2.45, 2.75) is 6.92 Å². The minimum absolute atomic E-state index is 0.590. The fourth-order valence-corrected chi connectivity index (χ4v) is 1.45. The summed E-state index contributed by atoms with van der Waals surface area (Å²) in [5.41, 5.74) is 7.87. The van der Waals surface area contributed by atoms with Crippen molar-refractivity contribution in [3.63, 3.8) is 0 Å². The number of nitrogens with two attached hydrogens (primary N) is 1. The molecule has 2 aromatic rings. The van der Waals surface area contributed by atoms with Crippen molar-refractivity contribution in [2.24, 2.45) is 0 Å². The molecule has 4 nitrogen and oxygen atoms in total. The first-order chi connectivity index (χ1) is 7.22. The first-order valence-corrected chi connectivity index (χ1v) is 4.52. The van der Waals surface area contributed by atoms with Crippen LogP contribution in [0.2, 0.25) is 0 Å². The number of nitrogens with zero attached hydrogens (tertiary/aromatic N) is 3. The van der Waals surface area contributed by atoms with Gasteiger partial charge in [0, 0.05) is 12.4 Å². The van der Waals surface area contributed by atoms with Crippen LogP contribution in [0.15, 0.2) is 30.6 Å². The van der Waals surface area contributed by atoms with Gasteiger partial charge in [-0.05, 0) is 25.1 Å². The molecule has 2 rings (SSSR count). The Morgan fingerprint density at radius 2 is 2.27 bits per heavy atom. The summed E-state index contributed by atoms with van der Waals surface area (Å²) in [6, 6.07) is 7.27. The first-order valence-electron chi connectivity index (χ1n) is 4.52. The number of nitrogen functional groups attached to an aromatic ring is 1. The van der Waals surface area contributed by atoms with Gasteiger partial charge in [-0.2, -0.15) is 5.26 Å². The molecule has 15 heavy (non-hydrogen) atoms. The van der Waals surface area contributed by atoms with Crippen LogP contribution >= 0.6 is 0 Å². The van der Waals surface area contributed by atoms with E-state index in [1.807, 2.05) is 17.7 Å². The lowest BCUT2D eigenvalue weighted by atomic mass is 10.2. The predicted octanol–water partition coefficient (Wildman–Crippen LogP) is 1.63. The quantitative estimate of drug-likeness (QED) is 0.708. The van der Waals surface area contributed by atoms with Crippen LogP contribution in [0, 0.1) is 18.3 Å². The second kappa shape index (κ2) is 3.46. The van der Waals surface area contributed by atoms with E-state index in [-0.39, 0.29) is 0 Å². The van der Waals surface area contributed by atoms with E-state index in [9.17, 15) is 0 Å². The highest BCUT2D eigenvalue weighted by Gasteiger charge is 2.05. The van der Waals surface area contributed by atoms with Crippen molar-refractivity contribution < 1.29 is 0 Å². The van der Waals surface area contributed by atoms with Crippen molar-refractivity contribution in [3.8, 4) is 11.8 Å². The molecule has 0 atom stereocenters. The molecule has 0 radical (unpaired) electrons. The monoisotopic (exact) mass is 198 g/mol. The van der Waals surface area contributed by atoms with Gasteiger partial charge in [0.05, 0.1) is 23.0 Å². The Morgan fingerprint density at radius 1 is 1.47 bits per heavy atom. The van der Waals surface area contributed by atoms with Gasteiger partial charge < -0.3 is 10.3 Å². The number of hydrogen-bond donors (Lipinski definition) is 1. The third-order valence-electron chi connectivity index (χ3n) is 2.24. The van der Waals surface area contributed by atoms with Crippen LogP contribution in [0.1, 0.15) is 11.4 Å². The summed E-state index contributed by atoms with van der Waals surface area (Å²) < 4.78 is 1.86. The van der Waals surface area contributed by atoms with Gasteiger partial charge in [0.25, 0.3) is 0 Å². The molecule has 1 aromatic carbocycles. The average molecular weight is 198 g/mol. The van der Waals surface area contributed by atoms with E-state index >= 15 is 0 Å². The van der Waals surface area contributed by atoms with Gasteiger partial charge >= 0.3 is 0 Å². The Bertz CT molecular complexity index is 534. The van der Waals surface area contributed by atoms with Crippen molar-refractivity contribution in [1.29, 1.82) is 5.26 Å². The van der Waals surface area contributed by atoms with Crippen molar-refractivity contribution in [1.82, 2.24) is 9.55 Å². The minimum Gasteiger partial charge on any atom is -0.397 e. The number of aryl methyl sites for hydroxylation is 1. The summed E-state index contributed by atoms with van der Waals surface area (Å²) in [7, 11) is 0. The summed E-state index contributed by atoms with van der Waals surface area (Å²) in [5, 5.41) is 8.80. The molecule has 0 aliphatic heterocycles. The molecule has 74 valence electrons. The summed E-state index contributed by atoms with van der Waals surface area (Å²) in [6.07, 6.45) is 3.52. The maximum atomic E-state index is 8.80. The molecule has 1 aromatic heterocycles. The molecule has 0 aliphatic carbocycles. The van der Waals surface area contributed by atoms with E-state index in [1.165, 1.54) is 0 Å². The largest absolute Gasteiger partial charge is 0.397 e. The van der Waals surface area contributed by atoms with Crippen LogP contribution in [0.5, 0.6) is 0 Å². The first kappa shape index (κ1) is 9.28. The fraction of sp³-hybridized carbons (Fsp3) is 0.0909. The molecule has 0 saturated heterocycles. The fourth-order valence-electron chi connectivity index (χ4n) is 1.45. The SMILES string of the molecule is Cc1nccn1-c1cc(C#N)ccc1N. The second-order valence-corrected chi connectivity index (χ2v) is 3.23. The van der Waals surface area contributed by atoms with Gasteiger partial charge in [0.1, 0.15) is 5.82 Å². The van der Waals surface area contributed by atoms with E-state index in [0.29, 0.717) is 11.3 Å². The third kappa shape index (κ3) is 1.55. The smallest absolute Gasteiger partial charge is 0.110 e. The number of benzene rings is 1. The molecule has 4 heteroatoms. The summed E-state index contributed by atoms with van der Waals surface area (Å²) in [6.45, 7) is 1.89. The number of rotatable bonds is 1. The zero-order valence-electron chi connectivity index (χ0n) is 8.31. The Kier molecular flexibility index (Phi) is 2.14. The number of nitriles is 1. The third-order valence-corrected chi connectivity index (χ3v) is 2.24. The highest BCUT2D eigenvalue weighted by Crippen LogP contribution is 2.19. The van der Waals surface area contributed by atoms with E-state index in [2.05, 4.69) is 11.1 Å². The van der Waals surface area contributed by atoms with E-state index < -0.39 is 0 Å². The molecule has 0 amide bonds. The number of hydrogen-bond acceptors (Lipinski definition) is 3. The molecule has 0 saturated carbocycles. The van der Waals surface area contributed by atoms with Gasteiger partial charge in [-0.3, -0.25) is 0 Å². The molecule has 0 bridgehead atoms. The topological polar surface area (TPSA) is 67.6 Å².